The van der Waals surface area contributed by atoms with Crippen LogP contribution >= 0.6 is 0 Å². The zero-order valence-electron chi connectivity index (χ0n) is 12.7. The molecule has 0 fully saturated rings. The van der Waals surface area contributed by atoms with Crippen LogP contribution in [0.15, 0.2) is 24.3 Å². The lowest BCUT2D eigenvalue weighted by Gasteiger charge is -2.42. The molecule has 0 aliphatic heterocycles. The third kappa shape index (κ3) is 3.38. The second-order valence-electron chi connectivity index (χ2n) is 6.32. The summed E-state index contributed by atoms with van der Waals surface area (Å²) in [6.07, 6.45) is 0. The standard InChI is InChI=1S/C15H24O3Si/c1-11(2)15(3,4)19(5,6)18-13-9-7-12(8-10-13)14(16)17/h7-11H,1-6H3,(H,16,17). The summed E-state index contributed by atoms with van der Waals surface area (Å²) < 4.78 is 6.21. The number of benzene rings is 1. The number of carboxylic acids is 1. The van der Waals surface area contributed by atoms with Crippen LogP contribution < -0.4 is 4.43 Å². The predicted molar refractivity (Wildman–Crippen MR) is 80.4 cm³/mol. The summed E-state index contributed by atoms with van der Waals surface area (Å²) in [6.45, 7) is 13.3. The Kier molecular flexibility index (Phi) is 4.45. The Morgan fingerprint density at radius 2 is 1.68 bits per heavy atom. The minimum Gasteiger partial charge on any atom is -0.543 e. The van der Waals surface area contributed by atoms with E-state index in [4.69, 9.17) is 9.53 Å². The molecule has 0 aromatic heterocycles. The first-order chi connectivity index (χ1) is 8.58. The second kappa shape index (κ2) is 5.37. The average Bonchev–Trinajstić information content (AvgIpc) is 2.28. The molecule has 0 spiro atoms. The number of carboxylic acid groups (broad SMARTS) is 1. The van der Waals surface area contributed by atoms with Crippen LogP contribution in [-0.2, 0) is 0 Å². The van der Waals surface area contributed by atoms with E-state index in [9.17, 15) is 4.79 Å². The van der Waals surface area contributed by atoms with Gasteiger partial charge in [-0.2, -0.15) is 0 Å². The molecular weight excluding hydrogens is 256 g/mol. The van der Waals surface area contributed by atoms with E-state index in [0.29, 0.717) is 5.92 Å². The Hall–Kier alpha value is -1.29. The fourth-order valence-corrected chi connectivity index (χ4v) is 4.17. The fraction of sp³-hybridized carbons (Fsp3) is 0.533. The highest BCUT2D eigenvalue weighted by molar-refractivity contribution is 6.74. The van der Waals surface area contributed by atoms with Crippen molar-refractivity contribution >= 4 is 14.3 Å². The Morgan fingerprint density at radius 1 is 1.21 bits per heavy atom. The minimum absolute atomic E-state index is 0.137. The molecular formula is C15H24O3Si. The van der Waals surface area contributed by atoms with Gasteiger partial charge in [-0.15, -0.1) is 0 Å². The number of aromatic carboxylic acids is 1. The Morgan fingerprint density at radius 3 is 2.05 bits per heavy atom. The predicted octanol–water partition coefficient (Wildman–Crippen LogP) is 4.40. The maximum Gasteiger partial charge on any atom is 0.335 e. The molecule has 0 atom stereocenters. The third-order valence-electron chi connectivity index (χ3n) is 4.47. The fourth-order valence-electron chi connectivity index (χ4n) is 1.79. The summed E-state index contributed by atoms with van der Waals surface area (Å²) in [5.74, 6) is 0.383. The van der Waals surface area contributed by atoms with Crippen LogP contribution in [0.5, 0.6) is 5.75 Å². The van der Waals surface area contributed by atoms with E-state index in [1.807, 2.05) is 0 Å². The van der Waals surface area contributed by atoms with E-state index in [1.165, 1.54) is 0 Å². The van der Waals surface area contributed by atoms with E-state index in [1.54, 1.807) is 24.3 Å². The zero-order chi connectivity index (χ0) is 14.8. The van der Waals surface area contributed by atoms with Crippen LogP contribution in [0.1, 0.15) is 38.1 Å². The Balaban J connectivity index is 2.92. The van der Waals surface area contributed by atoms with E-state index in [0.717, 1.165) is 5.75 Å². The third-order valence-corrected chi connectivity index (χ3v) is 8.90. The maximum atomic E-state index is 10.8. The Bertz CT molecular complexity index is 447. The molecule has 1 rings (SSSR count). The number of rotatable bonds is 5. The lowest BCUT2D eigenvalue weighted by molar-refractivity contribution is 0.0697. The molecule has 106 valence electrons. The minimum atomic E-state index is -1.93. The highest BCUT2D eigenvalue weighted by atomic mass is 28.4. The van der Waals surface area contributed by atoms with Gasteiger partial charge >= 0.3 is 5.97 Å². The molecule has 3 nitrogen and oxygen atoms in total. The maximum absolute atomic E-state index is 10.8. The van der Waals surface area contributed by atoms with E-state index >= 15 is 0 Å². The molecule has 0 saturated carbocycles. The van der Waals surface area contributed by atoms with Crippen LogP contribution in [0.2, 0.25) is 18.1 Å². The van der Waals surface area contributed by atoms with Crippen molar-refractivity contribution in [2.75, 3.05) is 0 Å². The normalized spacial score (nSPS) is 12.6. The molecule has 0 heterocycles. The van der Waals surface area contributed by atoms with Crippen molar-refractivity contribution in [3.8, 4) is 5.75 Å². The van der Waals surface area contributed by atoms with Gasteiger partial charge in [0.25, 0.3) is 8.32 Å². The summed E-state index contributed by atoms with van der Waals surface area (Å²) in [7, 11) is -1.93. The van der Waals surface area contributed by atoms with Crippen molar-refractivity contribution in [1.29, 1.82) is 0 Å². The highest BCUT2D eigenvalue weighted by Crippen LogP contribution is 2.44. The van der Waals surface area contributed by atoms with Gasteiger partial charge in [-0.1, -0.05) is 27.7 Å². The van der Waals surface area contributed by atoms with Gasteiger partial charge in [-0.3, -0.25) is 0 Å². The summed E-state index contributed by atoms with van der Waals surface area (Å²) in [6, 6.07) is 6.66. The first kappa shape index (κ1) is 15.8. The van der Waals surface area contributed by atoms with Gasteiger partial charge in [0, 0.05) is 0 Å². The second-order valence-corrected chi connectivity index (χ2v) is 10.8. The molecule has 4 heteroatoms. The van der Waals surface area contributed by atoms with Gasteiger partial charge in [-0.05, 0) is 48.3 Å². The van der Waals surface area contributed by atoms with Crippen molar-refractivity contribution in [3.63, 3.8) is 0 Å². The molecule has 0 radical (unpaired) electrons. The molecule has 0 bridgehead atoms. The molecule has 0 saturated heterocycles. The molecule has 1 aromatic rings. The average molecular weight is 280 g/mol. The molecule has 1 N–H and O–H groups in total. The van der Waals surface area contributed by atoms with Crippen molar-refractivity contribution in [2.24, 2.45) is 5.92 Å². The number of hydrogen-bond donors (Lipinski definition) is 1. The van der Waals surface area contributed by atoms with Gasteiger partial charge in [0.2, 0.25) is 0 Å². The lowest BCUT2D eigenvalue weighted by atomic mass is 9.99. The van der Waals surface area contributed by atoms with Crippen LogP contribution in [0, 0.1) is 5.92 Å². The first-order valence-electron chi connectivity index (χ1n) is 6.60. The number of carbonyl (C=O) groups is 1. The van der Waals surface area contributed by atoms with Gasteiger partial charge in [0.05, 0.1) is 5.56 Å². The quantitative estimate of drug-likeness (QED) is 0.813. The zero-order valence-corrected chi connectivity index (χ0v) is 13.7. The summed E-state index contributed by atoms with van der Waals surface area (Å²) in [5.41, 5.74) is 0.287. The molecule has 0 amide bonds. The molecule has 19 heavy (non-hydrogen) atoms. The molecule has 0 unspecified atom stereocenters. The van der Waals surface area contributed by atoms with Crippen LogP contribution in [0.3, 0.4) is 0 Å². The summed E-state index contributed by atoms with van der Waals surface area (Å²) in [5, 5.41) is 9.02. The summed E-state index contributed by atoms with van der Waals surface area (Å²) >= 11 is 0. The topological polar surface area (TPSA) is 46.5 Å². The number of hydrogen-bond acceptors (Lipinski definition) is 2. The van der Waals surface area contributed by atoms with E-state index < -0.39 is 14.3 Å². The van der Waals surface area contributed by atoms with Crippen LogP contribution in [0.25, 0.3) is 0 Å². The lowest BCUT2D eigenvalue weighted by Crippen LogP contribution is -2.47. The monoisotopic (exact) mass is 280 g/mol. The van der Waals surface area contributed by atoms with Crippen molar-refractivity contribution in [2.45, 2.75) is 45.8 Å². The van der Waals surface area contributed by atoms with E-state index in [2.05, 4.69) is 40.8 Å². The van der Waals surface area contributed by atoms with Crippen molar-refractivity contribution in [3.05, 3.63) is 29.8 Å². The molecule has 0 aliphatic rings. The highest BCUT2D eigenvalue weighted by Gasteiger charge is 2.44. The molecule has 0 aliphatic carbocycles. The Labute approximate surface area is 116 Å². The van der Waals surface area contributed by atoms with Crippen LogP contribution in [-0.4, -0.2) is 19.4 Å². The summed E-state index contributed by atoms with van der Waals surface area (Å²) in [4.78, 5) is 10.8. The van der Waals surface area contributed by atoms with Gasteiger partial charge < -0.3 is 9.53 Å². The largest absolute Gasteiger partial charge is 0.543 e. The SMILES string of the molecule is CC(C)C(C)(C)[Si](C)(C)Oc1ccc(C(=O)O)cc1. The van der Waals surface area contributed by atoms with Gasteiger partial charge in [0.1, 0.15) is 5.75 Å². The molecule has 1 aromatic carbocycles. The van der Waals surface area contributed by atoms with Crippen molar-refractivity contribution < 1.29 is 14.3 Å². The van der Waals surface area contributed by atoms with E-state index in [-0.39, 0.29) is 10.6 Å². The van der Waals surface area contributed by atoms with Gasteiger partial charge in [0.15, 0.2) is 0 Å². The first-order valence-corrected chi connectivity index (χ1v) is 9.51. The van der Waals surface area contributed by atoms with Crippen molar-refractivity contribution in [1.82, 2.24) is 0 Å². The van der Waals surface area contributed by atoms with Gasteiger partial charge in [-0.25, -0.2) is 4.79 Å². The van der Waals surface area contributed by atoms with Crippen LogP contribution in [0.4, 0.5) is 0 Å². The smallest absolute Gasteiger partial charge is 0.335 e.